The molecule has 0 atom stereocenters. The predicted molar refractivity (Wildman–Crippen MR) is 45.6 cm³/mol. The maximum atomic E-state index is 12.9. The van der Waals surface area contributed by atoms with Crippen molar-refractivity contribution in [1.82, 2.24) is 9.97 Å². The highest BCUT2D eigenvalue weighted by Crippen LogP contribution is 2.18. The van der Waals surface area contributed by atoms with Crippen molar-refractivity contribution in [1.29, 1.82) is 0 Å². The molecule has 0 saturated carbocycles. The van der Waals surface area contributed by atoms with Crippen LogP contribution in [0.25, 0.3) is 11.0 Å². The van der Waals surface area contributed by atoms with Gasteiger partial charge in [0.15, 0.2) is 0 Å². The number of aromatic amines is 1. The summed E-state index contributed by atoms with van der Waals surface area (Å²) in [6, 6.07) is 2.80. The molecule has 1 heterocycles. The highest BCUT2D eigenvalue weighted by molar-refractivity contribution is 6.17. The molecule has 0 unspecified atom stereocenters. The van der Waals surface area contributed by atoms with E-state index in [2.05, 4.69) is 9.97 Å². The summed E-state index contributed by atoms with van der Waals surface area (Å²) in [5.74, 6) is -0.0125. The zero-order valence-electron chi connectivity index (χ0n) is 6.14. The van der Waals surface area contributed by atoms with Crippen LogP contribution in [-0.2, 0) is 5.88 Å². The van der Waals surface area contributed by atoms with Gasteiger partial charge < -0.3 is 4.98 Å². The second-order valence-electron chi connectivity index (χ2n) is 2.50. The molecular weight excluding hydrogens is 179 g/mol. The van der Waals surface area contributed by atoms with Gasteiger partial charge in [-0.05, 0) is 17.7 Å². The van der Waals surface area contributed by atoms with Crippen LogP contribution in [0.15, 0.2) is 18.5 Å². The molecular formula is C8H6ClFN2. The van der Waals surface area contributed by atoms with Gasteiger partial charge in [-0.25, -0.2) is 9.37 Å². The fourth-order valence-corrected chi connectivity index (χ4v) is 1.39. The fraction of sp³-hybridized carbons (Fsp3) is 0.125. The number of hydrogen-bond acceptors (Lipinski definition) is 1. The molecule has 0 saturated heterocycles. The Kier molecular flexibility index (Phi) is 1.73. The van der Waals surface area contributed by atoms with Crippen molar-refractivity contribution >= 4 is 22.6 Å². The summed E-state index contributed by atoms with van der Waals surface area (Å²) >= 11 is 5.61. The van der Waals surface area contributed by atoms with Crippen LogP contribution >= 0.6 is 11.6 Å². The molecule has 2 nitrogen and oxygen atoms in total. The minimum atomic E-state index is -0.289. The Bertz CT molecular complexity index is 410. The quantitative estimate of drug-likeness (QED) is 0.678. The first-order valence-electron chi connectivity index (χ1n) is 3.48. The smallest absolute Gasteiger partial charge is 0.125 e. The molecule has 0 aliphatic heterocycles. The third-order valence-corrected chi connectivity index (χ3v) is 2.00. The standard InChI is InChI=1S/C8H6ClFN2/c9-3-5-1-6(10)2-7-8(5)12-4-11-7/h1-2,4H,3H2,(H,11,12). The van der Waals surface area contributed by atoms with Crippen LogP contribution in [0.2, 0.25) is 0 Å². The molecule has 2 rings (SSSR count). The molecule has 4 heteroatoms. The third-order valence-electron chi connectivity index (χ3n) is 1.71. The molecule has 2 aromatic rings. The first kappa shape index (κ1) is 7.55. The van der Waals surface area contributed by atoms with Gasteiger partial charge in [0, 0.05) is 5.88 Å². The van der Waals surface area contributed by atoms with Gasteiger partial charge in [0.1, 0.15) is 5.82 Å². The highest BCUT2D eigenvalue weighted by atomic mass is 35.5. The molecule has 62 valence electrons. The van der Waals surface area contributed by atoms with Crippen molar-refractivity contribution in [3.63, 3.8) is 0 Å². The summed E-state index contributed by atoms with van der Waals surface area (Å²) in [6.07, 6.45) is 1.53. The van der Waals surface area contributed by atoms with Gasteiger partial charge in [0.2, 0.25) is 0 Å². The van der Waals surface area contributed by atoms with Gasteiger partial charge in [0.25, 0.3) is 0 Å². The number of alkyl halides is 1. The molecule has 1 aromatic carbocycles. The van der Waals surface area contributed by atoms with E-state index in [0.717, 1.165) is 5.52 Å². The lowest BCUT2D eigenvalue weighted by Gasteiger charge is -1.96. The Morgan fingerprint density at radius 3 is 3.08 bits per heavy atom. The molecule has 0 spiro atoms. The first-order valence-corrected chi connectivity index (χ1v) is 4.02. The largest absolute Gasteiger partial charge is 0.345 e. The van der Waals surface area contributed by atoms with Crippen LogP contribution in [-0.4, -0.2) is 9.97 Å². The second kappa shape index (κ2) is 2.75. The van der Waals surface area contributed by atoms with Crippen molar-refractivity contribution < 1.29 is 4.39 Å². The Labute approximate surface area is 73.4 Å². The van der Waals surface area contributed by atoms with Crippen LogP contribution in [0.5, 0.6) is 0 Å². The highest BCUT2D eigenvalue weighted by Gasteiger charge is 2.04. The number of halogens is 2. The van der Waals surface area contributed by atoms with E-state index in [1.807, 2.05) is 0 Å². The molecule has 0 amide bonds. The number of aromatic nitrogens is 2. The minimum absolute atomic E-state index is 0.277. The van der Waals surface area contributed by atoms with E-state index in [9.17, 15) is 4.39 Å². The molecule has 12 heavy (non-hydrogen) atoms. The van der Waals surface area contributed by atoms with Crippen molar-refractivity contribution in [2.45, 2.75) is 5.88 Å². The van der Waals surface area contributed by atoms with Gasteiger partial charge in [0.05, 0.1) is 17.4 Å². The maximum absolute atomic E-state index is 12.9. The van der Waals surface area contributed by atoms with Crippen molar-refractivity contribution in [3.8, 4) is 0 Å². The van der Waals surface area contributed by atoms with E-state index in [1.54, 1.807) is 0 Å². The number of H-pyrrole nitrogens is 1. The van der Waals surface area contributed by atoms with Crippen LogP contribution in [0.3, 0.4) is 0 Å². The second-order valence-corrected chi connectivity index (χ2v) is 2.76. The monoisotopic (exact) mass is 184 g/mol. The summed E-state index contributed by atoms with van der Waals surface area (Å²) in [7, 11) is 0. The lowest BCUT2D eigenvalue weighted by Crippen LogP contribution is -1.84. The fourth-order valence-electron chi connectivity index (χ4n) is 1.19. The van der Waals surface area contributed by atoms with E-state index in [1.165, 1.54) is 18.5 Å². The first-order chi connectivity index (χ1) is 5.81. The van der Waals surface area contributed by atoms with E-state index < -0.39 is 0 Å². The summed E-state index contributed by atoms with van der Waals surface area (Å²) in [4.78, 5) is 6.85. The lowest BCUT2D eigenvalue weighted by atomic mass is 10.2. The van der Waals surface area contributed by atoms with Gasteiger partial charge >= 0.3 is 0 Å². The van der Waals surface area contributed by atoms with Crippen LogP contribution in [0.1, 0.15) is 5.56 Å². The number of fused-ring (bicyclic) bond motifs is 1. The number of imidazole rings is 1. The number of rotatable bonds is 1. The normalized spacial score (nSPS) is 10.8. The number of nitrogens with one attached hydrogen (secondary N) is 1. The average molecular weight is 185 g/mol. The zero-order valence-corrected chi connectivity index (χ0v) is 6.90. The zero-order chi connectivity index (χ0) is 8.55. The van der Waals surface area contributed by atoms with Gasteiger partial charge in [-0.15, -0.1) is 11.6 Å². The van der Waals surface area contributed by atoms with Gasteiger partial charge in [-0.1, -0.05) is 0 Å². The number of hydrogen-bond donors (Lipinski definition) is 1. The lowest BCUT2D eigenvalue weighted by molar-refractivity contribution is 0.628. The summed E-state index contributed by atoms with van der Waals surface area (Å²) in [5, 5.41) is 0. The molecule has 0 aliphatic carbocycles. The Balaban J connectivity index is 2.80. The minimum Gasteiger partial charge on any atom is -0.345 e. The van der Waals surface area contributed by atoms with Gasteiger partial charge in [-0.2, -0.15) is 0 Å². The van der Waals surface area contributed by atoms with Crippen molar-refractivity contribution in [3.05, 3.63) is 29.8 Å². The van der Waals surface area contributed by atoms with Crippen LogP contribution in [0, 0.1) is 5.82 Å². The molecule has 0 radical (unpaired) electrons. The number of nitrogens with zero attached hydrogens (tertiary/aromatic N) is 1. The topological polar surface area (TPSA) is 28.7 Å². The molecule has 1 N–H and O–H groups in total. The average Bonchev–Trinajstić information content (AvgIpc) is 2.50. The molecule has 1 aromatic heterocycles. The maximum Gasteiger partial charge on any atom is 0.125 e. The predicted octanol–water partition coefficient (Wildman–Crippen LogP) is 2.44. The van der Waals surface area contributed by atoms with Crippen LogP contribution < -0.4 is 0 Å². The van der Waals surface area contributed by atoms with E-state index >= 15 is 0 Å². The summed E-state index contributed by atoms with van der Waals surface area (Å²) in [5.41, 5.74) is 2.14. The van der Waals surface area contributed by atoms with Gasteiger partial charge in [-0.3, -0.25) is 0 Å². The summed E-state index contributed by atoms with van der Waals surface area (Å²) in [6.45, 7) is 0. The summed E-state index contributed by atoms with van der Waals surface area (Å²) < 4.78 is 12.9. The molecule has 0 fully saturated rings. The number of benzene rings is 1. The van der Waals surface area contributed by atoms with Crippen molar-refractivity contribution in [2.75, 3.05) is 0 Å². The van der Waals surface area contributed by atoms with E-state index in [0.29, 0.717) is 11.1 Å². The molecule has 0 bridgehead atoms. The Hall–Kier alpha value is -1.09. The van der Waals surface area contributed by atoms with E-state index in [-0.39, 0.29) is 11.7 Å². The van der Waals surface area contributed by atoms with E-state index in [4.69, 9.17) is 11.6 Å². The van der Waals surface area contributed by atoms with Crippen molar-refractivity contribution in [2.24, 2.45) is 0 Å². The molecule has 0 aliphatic rings. The Morgan fingerprint density at radius 2 is 2.33 bits per heavy atom. The van der Waals surface area contributed by atoms with Crippen LogP contribution in [0.4, 0.5) is 4.39 Å². The Morgan fingerprint density at radius 1 is 1.50 bits per heavy atom. The third kappa shape index (κ3) is 1.06. The SMILES string of the molecule is Fc1cc(CCl)c2nc[nH]c2c1.